The SMILES string of the molecule is CC(C)c1ccc2c(ccn2C2CCN(C)CC2)c1. The van der Waals surface area contributed by atoms with Crippen molar-refractivity contribution in [3.63, 3.8) is 0 Å². The molecule has 1 saturated heterocycles. The summed E-state index contributed by atoms with van der Waals surface area (Å²) >= 11 is 0. The van der Waals surface area contributed by atoms with Crippen LogP contribution in [0.4, 0.5) is 0 Å². The highest BCUT2D eigenvalue weighted by Crippen LogP contribution is 2.29. The molecule has 0 unspecified atom stereocenters. The maximum Gasteiger partial charge on any atom is 0.0483 e. The molecule has 0 aliphatic carbocycles. The van der Waals surface area contributed by atoms with Crippen molar-refractivity contribution in [1.82, 2.24) is 9.47 Å². The lowest BCUT2D eigenvalue weighted by Gasteiger charge is -2.30. The molecule has 2 aromatic rings. The third-order valence-corrected chi connectivity index (χ3v) is 4.49. The van der Waals surface area contributed by atoms with Crippen LogP contribution in [0, 0.1) is 0 Å². The second-order valence-corrected chi connectivity index (χ2v) is 6.23. The fourth-order valence-electron chi connectivity index (χ4n) is 3.13. The van der Waals surface area contributed by atoms with Crippen LogP contribution >= 0.6 is 0 Å². The highest BCUT2D eigenvalue weighted by molar-refractivity contribution is 5.81. The third-order valence-electron chi connectivity index (χ3n) is 4.49. The lowest BCUT2D eigenvalue weighted by atomic mass is 10.0. The van der Waals surface area contributed by atoms with E-state index < -0.39 is 0 Å². The van der Waals surface area contributed by atoms with E-state index in [-0.39, 0.29) is 0 Å². The number of fused-ring (bicyclic) bond motifs is 1. The van der Waals surface area contributed by atoms with Gasteiger partial charge in [0.1, 0.15) is 0 Å². The van der Waals surface area contributed by atoms with Crippen LogP contribution in [0.2, 0.25) is 0 Å². The van der Waals surface area contributed by atoms with Gasteiger partial charge in [0.15, 0.2) is 0 Å². The molecule has 1 aliphatic heterocycles. The Labute approximate surface area is 116 Å². The molecular formula is C17H24N2. The number of benzene rings is 1. The van der Waals surface area contributed by atoms with Crippen LogP contribution in [0.5, 0.6) is 0 Å². The van der Waals surface area contributed by atoms with Crippen LogP contribution in [-0.2, 0) is 0 Å². The molecule has 0 bridgehead atoms. The van der Waals surface area contributed by atoms with Gasteiger partial charge < -0.3 is 9.47 Å². The Kier molecular flexibility index (Phi) is 3.36. The molecule has 2 heteroatoms. The zero-order chi connectivity index (χ0) is 13.4. The Morgan fingerprint density at radius 2 is 1.84 bits per heavy atom. The maximum absolute atomic E-state index is 2.49. The molecule has 0 spiro atoms. The van der Waals surface area contributed by atoms with Gasteiger partial charge in [0.05, 0.1) is 0 Å². The van der Waals surface area contributed by atoms with Crippen LogP contribution in [0.1, 0.15) is 44.2 Å². The standard InChI is InChI=1S/C17H24N2/c1-13(2)14-4-5-17-15(12-14)6-11-19(17)16-7-9-18(3)10-8-16/h4-6,11-13,16H,7-10H2,1-3H3. The molecule has 0 amide bonds. The molecule has 102 valence electrons. The summed E-state index contributed by atoms with van der Waals surface area (Å²) in [6.45, 7) is 6.95. The van der Waals surface area contributed by atoms with Crippen molar-refractivity contribution in [2.24, 2.45) is 0 Å². The Morgan fingerprint density at radius 1 is 1.11 bits per heavy atom. The quantitative estimate of drug-likeness (QED) is 0.787. The van der Waals surface area contributed by atoms with Gasteiger partial charge in [0, 0.05) is 17.8 Å². The molecule has 2 heterocycles. The number of hydrogen-bond donors (Lipinski definition) is 0. The minimum atomic E-state index is 0.607. The maximum atomic E-state index is 2.49. The van der Waals surface area contributed by atoms with Crippen molar-refractivity contribution < 1.29 is 0 Å². The zero-order valence-corrected chi connectivity index (χ0v) is 12.3. The van der Waals surface area contributed by atoms with Crippen molar-refractivity contribution in [2.75, 3.05) is 20.1 Å². The number of likely N-dealkylation sites (tertiary alicyclic amines) is 1. The predicted octanol–water partition coefficient (Wildman–Crippen LogP) is 4.03. The molecule has 1 aromatic carbocycles. The molecular weight excluding hydrogens is 232 g/mol. The zero-order valence-electron chi connectivity index (χ0n) is 12.3. The van der Waals surface area contributed by atoms with Crippen molar-refractivity contribution in [1.29, 1.82) is 0 Å². The van der Waals surface area contributed by atoms with Gasteiger partial charge in [-0.2, -0.15) is 0 Å². The summed E-state index contributed by atoms with van der Waals surface area (Å²) in [7, 11) is 2.22. The summed E-state index contributed by atoms with van der Waals surface area (Å²) in [4.78, 5) is 2.43. The summed E-state index contributed by atoms with van der Waals surface area (Å²) in [6, 6.07) is 9.91. The average molecular weight is 256 g/mol. The van der Waals surface area contributed by atoms with Gasteiger partial charge in [-0.15, -0.1) is 0 Å². The molecule has 0 atom stereocenters. The number of nitrogens with zero attached hydrogens (tertiary/aromatic N) is 2. The molecule has 1 aliphatic rings. The smallest absolute Gasteiger partial charge is 0.0483 e. The first-order valence-electron chi connectivity index (χ1n) is 7.44. The van der Waals surface area contributed by atoms with Crippen LogP contribution in [0.15, 0.2) is 30.5 Å². The molecule has 1 aromatic heterocycles. The van der Waals surface area contributed by atoms with Gasteiger partial charge >= 0.3 is 0 Å². The second kappa shape index (κ2) is 5.01. The first-order chi connectivity index (χ1) is 9.15. The monoisotopic (exact) mass is 256 g/mol. The van der Waals surface area contributed by atoms with Crippen molar-refractivity contribution in [3.05, 3.63) is 36.0 Å². The lowest BCUT2D eigenvalue weighted by Crippen LogP contribution is -2.31. The first kappa shape index (κ1) is 12.7. The van der Waals surface area contributed by atoms with E-state index in [4.69, 9.17) is 0 Å². The van der Waals surface area contributed by atoms with Gasteiger partial charge in [-0.05, 0) is 68.0 Å². The fraction of sp³-hybridized carbons (Fsp3) is 0.529. The summed E-state index contributed by atoms with van der Waals surface area (Å²) in [5.74, 6) is 0.607. The summed E-state index contributed by atoms with van der Waals surface area (Å²) in [6.07, 6.45) is 4.82. The van der Waals surface area contributed by atoms with E-state index in [1.165, 1.54) is 42.4 Å². The molecule has 0 radical (unpaired) electrons. The van der Waals surface area contributed by atoms with Gasteiger partial charge in [0.25, 0.3) is 0 Å². The Bertz CT molecular complexity index is 560. The molecule has 19 heavy (non-hydrogen) atoms. The van der Waals surface area contributed by atoms with Crippen LogP contribution in [0.25, 0.3) is 10.9 Å². The van der Waals surface area contributed by atoms with Crippen molar-refractivity contribution in [2.45, 2.75) is 38.6 Å². The van der Waals surface area contributed by atoms with E-state index in [1.54, 1.807) is 0 Å². The van der Waals surface area contributed by atoms with Gasteiger partial charge in [-0.1, -0.05) is 19.9 Å². The van der Waals surface area contributed by atoms with E-state index >= 15 is 0 Å². The van der Waals surface area contributed by atoms with Gasteiger partial charge in [-0.25, -0.2) is 0 Å². The van der Waals surface area contributed by atoms with E-state index in [1.807, 2.05) is 0 Å². The number of piperidine rings is 1. The number of aromatic nitrogens is 1. The molecule has 1 fully saturated rings. The third kappa shape index (κ3) is 2.42. The number of hydrogen-bond acceptors (Lipinski definition) is 1. The van der Waals surface area contributed by atoms with E-state index in [0.29, 0.717) is 12.0 Å². The molecule has 0 N–H and O–H groups in total. The van der Waals surface area contributed by atoms with Gasteiger partial charge in [-0.3, -0.25) is 0 Å². The minimum Gasteiger partial charge on any atom is -0.344 e. The van der Waals surface area contributed by atoms with E-state index in [2.05, 4.69) is 60.8 Å². The average Bonchev–Trinajstić information content (AvgIpc) is 2.82. The normalized spacial score (nSPS) is 18.5. The minimum absolute atomic E-state index is 0.607. The van der Waals surface area contributed by atoms with Crippen molar-refractivity contribution >= 4 is 10.9 Å². The largest absolute Gasteiger partial charge is 0.344 e. The highest BCUT2D eigenvalue weighted by Gasteiger charge is 2.19. The summed E-state index contributed by atoms with van der Waals surface area (Å²) in [5.41, 5.74) is 2.84. The molecule has 0 saturated carbocycles. The topological polar surface area (TPSA) is 8.17 Å². The Balaban J connectivity index is 1.92. The van der Waals surface area contributed by atoms with Crippen LogP contribution in [0.3, 0.4) is 0 Å². The number of rotatable bonds is 2. The van der Waals surface area contributed by atoms with Gasteiger partial charge in [0.2, 0.25) is 0 Å². The summed E-state index contributed by atoms with van der Waals surface area (Å²) in [5, 5.41) is 1.39. The van der Waals surface area contributed by atoms with Crippen LogP contribution < -0.4 is 0 Å². The fourth-order valence-corrected chi connectivity index (χ4v) is 3.13. The van der Waals surface area contributed by atoms with Crippen molar-refractivity contribution in [3.8, 4) is 0 Å². The van der Waals surface area contributed by atoms with E-state index in [0.717, 1.165) is 0 Å². The summed E-state index contributed by atoms with van der Waals surface area (Å²) < 4.78 is 2.49. The Hall–Kier alpha value is -1.28. The Morgan fingerprint density at radius 3 is 2.53 bits per heavy atom. The van der Waals surface area contributed by atoms with Crippen LogP contribution in [-0.4, -0.2) is 29.6 Å². The highest BCUT2D eigenvalue weighted by atomic mass is 15.1. The van der Waals surface area contributed by atoms with E-state index in [9.17, 15) is 0 Å². The second-order valence-electron chi connectivity index (χ2n) is 6.23. The molecule has 2 nitrogen and oxygen atoms in total. The lowest BCUT2D eigenvalue weighted by molar-refractivity contribution is 0.224. The first-order valence-corrected chi connectivity index (χ1v) is 7.44. The molecule has 3 rings (SSSR count). The predicted molar refractivity (Wildman–Crippen MR) is 81.8 cm³/mol.